The Bertz CT molecular complexity index is 895. The van der Waals surface area contributed by atoms with Crippen molar-refractivity contribution in [3.63, 3.8) is 0 Å². The highest BCUT2D eigenvalue weighted by Crippen LogP contribution is 2.40. The van der Waals surface area contributed by atoms with Crippen molar-refractivity contribution in [2.75, 3.05) is 12.0 Å². The lowest BCUT2D eigenvalue weighted by Crippen LogP contribution is -2.44. The first-order valence-electron chi connectivity index (χ1n) is 11.7. The van der Waals surface area contributed by atoms with Gasteiger partial charge in [0.05, 0.1) is 28.0 Å². The summed E-state index contributed by atoms with van der Waals surface area (Å²) in [5, 5.41) is 3.82. The number of aromatic nitrogens is 2. The normalized spacial score (nSPS) is 25.3. The molecule has 1 aromatic heterocycles. The highest BCUT2D eigenvalue weighted by atomic mass is 32.2. The molecular formula is C23H35N3O3S2. The molecule has 1 amide bonds. The molecule has 0 spiro atoms. The maximum absolute atomic E-state index is 13.2. The summed E-state index contributed by atoms with van der Waals surface area (Å²) in [5.41, 5.74) is 2.02. The third-order valence-electron chi connectivity index (χ3n) is 7.22. The predicted molar refractivity (Wildman–Crippen MR) is 124 cm³/mol. The summed E-state index contributed by atoms with van der Waals surface area (Å²) in [6.07, 6.45) is 10.8. The molecule has 31 heavy (non-hydrogen) atoms. The fraction of sp³-hybridized carbons (Fsp3) is 0.783. The van der Waals surface area contributed by atoms with E-state index in [1.54, 1.807) is 0 Å². The second kappa shape index (κ2) is 9.38. The van der Waals surface area contributed by atoms with Crippen molar-refractivity contribution in [2.45, 2.75) is 88.1 Å². The zero-order valence-electron chi connectivity index (χ0n) is 18.9. The lowest BCUT2D eigenvalue weighted by Gasteiger charge is -2.34. The lowest BCUT2D eigenvalue weighted by molar-refractivity contribution is 0.0904. The number of nitrogens with zero attached hydrogens (tertiary/aromatic N) is 2. The maximum Gasteiger partial charge on any atom is 0.255 e. The molecule has 0 saturated heterocycles. The van der Waals surface area contributed by atoms with Gasteiger partial charge in [0, 0.05) is 6.04 Å². The third-order valence-corrected chi connectivity index (χ3v) is 10.2. The molecule has 1 unspecified atom stereocenters. The molecule has 0 aromatic carbocycles. The number of hydrogen-bond donors (Lipinski definition) is 1. The Balaban J connectivity index is 1.42. The number of amides is 1. The van der Waals surface area contributed by atoms with E-state index in [1.165, 1.54) is 24.6 Å². The van der Waals surface area contributed by atoms with E-state index in [0.717, 1.165) is 56.3 Å². The van der Waals surface area contributed by atoms with E-state index in [-0.39, 0.29) is 17.2 Å². The van der Waals surface area contributed by atoms with Gasteiger partial charge in [0.2, 0.25) is 0 Å². The number of carbonyl (C=O) groups is 1. The summed E-state index contributed by atoms with van der Waals surface area (Å²) in [6.45, 7) is 3.74. The molecule has 172 valence electrons. The smallest absolute Gasteiger partial charge is 0.255 e. The molecule has 4 rings (SSSR count). The zero-order chi connectivity index (χ0) is 22.2. The summed E-state index contributed by atoms with van der Waals surface area (Å²) in [4.78, 5) is 22.1. The van der Waals surface area contributed by atoms with Crippen LogP contribution in [0.2, 0.25) is 0 Å². The van der Waals surface area contributed by atoms with Crippen LogP contribution in [0.5, 0.6) is 0 Å². The van der Waals surface area contributed by atoms with Gasteiger partial charge in [-0.2, -0.15) is 0 Å². The average molecular weight is 466 g/mol. The van der Waals surface area contributed by atoms with Crippen LogP contribution < -0.4 is 5.32 Å². The highest BCUT2D eigenvalue weighted by Gasteiger charge is 2.39. The highest BCUT2D eigenvalue weighted by molar-refractivity contribution is 7.98. The quantitative estimate of drug-likeness (QED) is 0.436. The topological polar surface area (TPSA) is 89.0 Å². The number of rotatable bonds is 9. The van der Waals surface area contributed by atoms with E-state index in [2.05, 4.69) is 15.3 Å². The van der Waals surface area contributed by atoms with E-state index in [4.69, 9.17) is 0 Å². The molecule has 8 heteroatoms. The second-order valence-corrected chi connectivity index (χ2v) is 12.9. The van der Waals surface area contributed by atoms with Gasteiger partial charge in [-0.15, -0.1) is 0 Å². The Morgan fingerprint density at radius 1 is 1.00 bits per heavy atom. The molecule has 3 aliphatic rings. The largest absolute Gasteiger partial charge is 0.349 e. The van der Waals surface area contributed by atoms with Crippen molar-refractivity contribution >= 4 is 27.5 Å². The number of hydrogen-bond acceptors (Lipinski definition) is 6. The number of thioether (sulfide) groups is 1. The average Bonchev–Trinajstić information content (AvgIpc) is 3.64. The summed E-state index contributed by atoms with van der Waals surface area (Å²) in [7, 11) is -2.97. The Morgan fingerprint density at radius 3 is 2.10 bits per heavy atom. The van der Waals surface area contributed by atoms with E-state index < -0.39 is 9.84 Å². The molecule has 6 nitrogen and oxygen atoms in total. The van der Waals surface area contributed by atoms with Crippen LogP contribution >= 0.6 is 11.8 Å². The summed E-state index contributed by atoms with van der Waals surface area (Å²) in [5.74, 6) is 1.75. The molecule has 1 N–H and O–H groups in total. The fourth-order valence-corrected chi connectivity index (χ4v) is 7.74. The van der Waals surface area contributed by atoms with Crippen molar-refractivity contribution < 1.29 is 13.2 Å². The monoisotopic (exact) mass is 465 g/mol. The van der Waals surface area contributed by atoms with E-state index in [9.17, 15) is 13.2 Å². The minimum absolute atomic E-state index is 0.0863. The Labute approximate surface area is 190 Å². The molecule has 1 heterocycles. The van der Waals surface area contributed by atoms with Gasteiger partial charge in [-0.1, -0.05) is 24.6 Å². The molecule has 1 atom stereocenters. The molecule has 1 aromatic rings. The number of aryl methyl sites for hydroxylation is 2. The van der Waals surface area contributed by atoms with Crippen LogP contribution in [0.25, 0.3) is 0 Å². The van der Waals surface area contributed by atoms with E-state index in [1.807, 2.05) is 20.1 Å². The van der Waals surface area contributed by atoms with Gasteiger partial charge in [-0.25, -0.2) is 18.4 Å². The van der Waals surface area contributed by atoms with Crippen LogP contribution in [0.4, 0.5) is 0 Å². The minimum Gasteiger partial charge on any atom is -0.349 e. The van der Waals surface area contributed by atoms with Gasteiger partial charge in [0.15, 0.2) is 15.0 Å². The first-order valence-corrected chi connectivity index (χ1v) is 14.6. The Hall–Kier alpha value is -1.15. The Kier molecular flexibility index (Phi) is 6.96. The van der Waals surface area contributed by atoms with E-state index in [0.29, 0.717) is 34.2 Å². The second-order valence-electron chi connectivity index (χ2n) is 9.82. The van der Waals surface area contributed by atoms with Gasteiger partial charge in [0.1, 0.15) is 0 Å². The van der Waals surface area contributed by atoms with Crippen molar-refractivity contribution in [3.05, 3.63) is 17.0 Å². The van der Waals surface area contributed by atoms with Crippen molar-refractivity contribution in [1.82, 2.24) is 15.3 Å². The minimum atomic E-state index is -2.97. The maximum atomic E-state index is 13.2. The van der Waals surface area contributed by atoms with Gasteiger partial charge < -0.3 is 5.32 Å². The summed E-state index contributed by atoms with van der Waals surface area (Å²) >= 11 is 1.48. The van der Waals surface area contributed by atoms with Crippen molar-refractivity contribution in [3.8, 4) is 0 Å². The van der Waals surface area contributed by atoms with Crippen molar-refractivity contribution in [1.29, 1.82) is 0 Å². The molecule has 0 aliphatic heterocycles. The first-order chi connectivity index (χ1) is 14.8. The van der Waals surface area contributed by atoms with Crippen LogP contribution in [0.15, 0.2) is 5.16 Å². The van der Waals surface area contributed by atoms with Crippen LogP contribution in [0.1, 0.15) is 79.5 Å². The number of carbonyl (C=O) groups excluding carboxylic acids is 1. The Morgan fingerprint density at radius 2 is 1.58 bits per heavy atom. The lowest BCUT2D eigenvalue weighted by atomic mass is 9.81. The fourth-order valence-electron chi connectivity index (χ4n) is 5.03. The van der Waals surface area contributed by atoms with Gasteiger partial charge >= 0.3 is 0 Å². The van der Waals surface area contributed by atoms with Crippen molar-refractivity contribution in [2.24, 2.45) is 17.8 Å². The van der Waals surface area contributed by atoms with Crippen LogP contribution in [0, 0.1) is 31.6 Å². The number of nitrogens with one attached hydrogen (secondary N) is 1. The molecule has 3 saturated carbocycles. The molecule has 3 aliphatic carbocycles. The van der Waals surface area contributed by atoms with Crippen LogP contribution in [-0.2, 0) is 9.84 Å². The van der Waals surface area contributed by atoms with Gasteiger partial charge in [0.25, 0.3) is 5.91 Å². The summed E-state index contributed by atoms with van der Waals surface area (Å²) < 4.78 is 25.4. The number of sulfone groups is 1. The predicted octanol–water partition coefficient (Wildman–Crippen LogP) is 4.10. The molecule has 3 fully saturated rings. The zero-order valence-corrected chi connectivity index (χ0v) is 20.5. The first kappa shape index (κ1) is 23.0. The third kappa shape index (κ3) is 5.81. The molecule has 0 radical (unpaired) electrons. The van der Waals surface area contributed by atoms with Gasteiger partial charge in [-0.3, -0.25) is 4.79 Å². The standard InChI is InChI=1S/C23H35N3O3S2/c1-14-21(15(2)25-23(24-14)30-3)22(27)26-20(12-16-4-5-16)18-8-10-19(11-9-18)31(28,29)13-17-6-7-17/h16-20H,4-13H2,1-3H3,(H,26,27). The SMILES string of the molecule is CSc1nc(C)c(C(=O)NC(CC2CC2)C2CCC(S(=O)(=O)CC3CC3)CC2)c(C)n1. The molecular weight excluding hydrogens is 430 g/mol. The van der Waals surface area contributed by atoms with Crippen LogP contribution in [-0.4, -0.2) is 47.6 Å². The molecule has 0 bridgehead atoms. The van der Waals surface area contributed by atoms with Gasteiger partial charge in [-0.05, 0) is 82.8 Å². The van der Waals surface area contributed by atoms with Crippen LogP contribution in [0.3, 0.4) is 0 Å². The van der Waals surface area contributed by atoms with E-state index >= 15 is 0 Å². The summed E-state index contributed by atoms with van der Waals surface area (Å²) in [6, 6.07) is 0.103.